The highest BCUT2D eigenvalue weighted by Gasteiger charge is 2.17. The molecule has 0 unspecified atom stereocenters. The predicted molar refractivity (Wildman–Crippen MR) is 103 cm³/mol. The lowest BCUT2D eigenvalue weighted by Crippen LogP contribution is -2.31. The van der Waals surface area contributed by atoms with Gasteiger partial charge in [-0.1, -0.05) is 0 Å². The number of hydrogen-bond donors (Lipinski definition) is 0. The highest BCUT2D eigenvalue weighted by atomic mass is 16.5. The van der Waals surface area contributed by atoms with Gasteiger partial charge in [0.05, 0.1) is 7.11 Å². The van der Waals surface area contributed by atoms with Crippen LogP contribution >= 0.6 is 0 Å². The number of nitriles is 1. The topological polar surface area (TPSA) is 58.3 Å². The van der Waals surface area contributed by atoms with E-state index in [2.05, 4.69) is 10.6 Å². The van der Waals surface area contributed by atoms with E-state index in [-0.39, 0.29) is 11.5 Å². The first-order valence-electron chi connectivity index (χ1n) is 8.71. The summed E-state index contributed by atoms with van der Waals surface area (Å²) < 4.78 is 7.31. The van der Waals surface area contributed by atoms with Crippen LogP contribution in [0, 0.1) is 25.2 Å². The first-order chi connectivity index (χ1) is 12.5. The van der Waals surface area contributed by atoms with Gasteiger partial charge in [-0.15, -0.1) is 0 Å². The molecule has 0 N–H and O–H groups in total. The van der Waals surface area contributed by atoms with Gasteiger partial charge in [0.15, 0.2) is 0 Å². The number of methoxy groups -OCH3 is 1. The number of nitrogens with zero attached hydrogens (tertiary/aromatic N) is 3. The van der Waals surface area contributed by atoms with Crippen molar-refractivity contribution >= 4 is 12.0 Å². The van der Waals surface area contributed by atoms with Gasteiger partial charge in [-0.2, -0.15) is 5.26 Å². The summed E-state index contributed by atoms with van der Waals surface area (Å²) in [6, 6.07) is 11.8. The summed E-state index contributed by atoms with van der Waals surface area (Å²) in [7, 11) is 1.64. The third-order valence-corrected chi connectivity index (χ3v) is 4.50. The van der Waals surface area contributed by atoms with Crippen molar-refractivity contribution in [3.63, 3.8) is 0 Å². The molecule has 1 aromatic carbocycles. The Morgan fingerprint density at radius 1 is 1.23 bits per heavy atom. The van der Waals surface area contributed by atoms with Crippen LogP contribution in [-0.2, 0) is 4.79 Å². The highest BCUT2D eigenvalue weighted by Crippen LogP contribution is 2.24. The molecule has 0 aliphatic rings. The molecule has 5 heteroatoms. The van der Waals surface area contributed by atoms with Gasteiger partial charge in [0, 0.05) is 30.2 Å². The molecule has 1 aromatic heterocycles. The maximum Gasteiger partial charge on any atom is 0.264 e. The Kier molecular flexibility index (Phi) is 6.24. The Morgan fingerprint density at radius 2 is 1.85 bits per heavy atom. The van der Waals surface area contributed by atoms with Crippen molar-refractivity contribution in [2.75, 3.05) is 20.2 Å². The molecule has 0 fully saturated rings. The van der Waals surface area contributed by atoms with E-state index < -0.39 is 0 Å². The zero-order valence-corrected chi connectivity index (χ0v) is 16.0. The molecule has 26 heavy (non-hydrogen) atoms. The van der Waals surface area contributed by atoms with Gasteiger partial charge < -0.3 is 14.2 Å². The minimum Gasteiger partial charge on any atom is -0.497 e. The number of ether oxygens (including phenoxy) is 1. The van der Waals surface area contributed by atoms with E-state index >= 15 is 0 Å². The normalized spacial score (nSPS) is 11.2. The van der Waals surface area contributed by atoms with Gasteiger partial charge in [0.1, 0.15) is 17.4 Å². The molecule has 0 saturated carbocycles. The van der Waals surface area contributed by atoms with E-state index in [4.69, 9.17) is 4.74 Å². The molecule has 0 atom stereocenters. The minimum absolute atomic E-state index is 0.156. The van der Waals surface area contributed by atoms with Crippen LogP contribution in [0.25, 0.3) is 11.8 Å². The number of amides is 1. The molecule has 0 aliphatic carbocycles. The number of likely N-dealkylation sites (N-methyl/N-ethyl adjacent to an activating group) is 1. The number of aryl methyl sites for hydroxylation is 1. The zero-order chi connectivity index (χ0) is 19.3. The van der Waals surface area contributed by atoms with Crippen LogP contribution in [0.1, 0.15) is 30.8 Å². The second kappa shape index (κ2) is 8.39. The van der Waals surface area contributed by atoms with E-state index in [0.29, 0.717) is 13.1 Å². The fourth-order valence-corrected chi connectivity index (χ4v) is 3.04. The summed E-state index contributed by atoms with van der Waals surface area (Å²) in [5.74, 6) is 0.569. The number of carbonyl (C=O) groups is 1. The molecule has 136 valence electrons. The van der Waals surface area contributed by atoms with E-state index in [1.165, 1.54) is 0 Å². The molecule has 5 nitrogen and oxygen atoms in total. The van der Waals surface area contributed by atoms with Gasteiger partial charge in [0.2, 0.25) is 0 Å². The second-order valence-corrected chi connectivity index (χ2v) is 6.01. The van der Waals surface area contributed by atoms with Crippen molar-refractivity contribution in [3.05, 3.63) is 52.9 Å². The van der Waals surface area contributed by atoms with Gasteiger partial charge in [-0.25, -0.2) is 0 Å². The number of aromatic nitrogens is 1. The summed E-state index contributed by atoms with van der Waals surface area (Å²) >= 11 is 0. The van der Waals surface area contributed by atoms with Crippen LogP contribution in [-0.4, -0.2) is 35.6 Å². The Bertz CT molecular complexity index is 851. The Balaban J connectivity index is 2.45. The largest absolute Gasteiger partial charge is 0.497 e. The lowest BCUT2D eigenvalue weighted by atomic mass is 10.1. The lowest BCUT2D eigenvalue weighted by molar-refractivity contribution is -0.126. The van der Waals surface area contributed by atoms with Crippen molar-refractivity contribution in [2.24, 2.45) is 0 Å². The van der Waals surface area contributed by atoms with E-state index in [0.717, 1.165) is 28.4 Å². The van der Waals surface area contributed by atoms with Crippen molar-refractivity contribution < 1.29 is 9.53 Å². The van der Waals surface area contributed by atoms with Crippen LogP contribution in [0.3, 0.4) is 0 Å². The number of benzene rings is 1. The SMILES string of the molecule is CCN(CC)C(=O)C(C#N)=Cc1cc(C)n(-c2ccc(OC)cc2)c1C. The molecule has 0 saturated heterocycles. The van der Waals surface area contributed by atoms with E-state index in [1.807, 2.05) is 58.0 Å². The highest BCUT2D eigenvalue weighted by molar-refractivity contribution is 6.01. The Hall–Kier alpha value is -3.00. The molecule has 2 aromatic rings. The maximum absolute atomic E-state index is 12.5. The van der Waals surface area contributed by atoms with Gasteiger partial charge in [0.25, 0.3) is 5.91 Å². The summed E-state index contributed by atoms with van der Waals surface area (Å²) in [6.45, 7) is 8.98. The van der Waals surface area contributed by atoms with Gasteiger partial charge in [-0.05, 0) is 69.7 Å². The fraction of sp³-hybridized carbons (Fsp3) is 0.333. The average molecular weight is 351 g/mol. The summed E-state index contributed by atoms with van der Waals surface area (Å²) in [5, 5.41) is 9.45. The van der Waals surface area contributed by atoms with Crippen LogP contribution in [0.2, 0.25) is 0 Å². The van der Waals surface area contributed by atoms with Crippen molar-refractivity contribution in [3.8, 4) is 17.5 Å². The van der Waals surface area contributed by atoms with Crippen molar-refractivity contribution in [2.45, 2.75) is 27.7 Å². The van der Waals surface area contributed by atoms with E-state index in [1.54, 1.807) is 18.1 Å². The second-order valence-electron chi connectivity index (χ2n) is 6.01. The third kappa shape index (κ3) is 3.80. The molecular weight excluding hydrogens is 326 g/mol. The third-order valence-electron chi connectivity index (χ3n) is 4.50. The van der Waals surface area contributed by atoms with Crippen LogP contribution in [0.4, 0.5) is 0 Å². The lowest BCUT2D eigenvalue weighted by Gasteiger charge is -2.17. The first kappa shape index (κ1) is 19.3. The summed E-state index contributed by atoms with van der Waals surface area (Å²) in [5.41, 5.74) is 4.05. The minimum atomic E-state index is -0.230. The maximum atomic E-state index is 12.5. The number of rotatable bonds is 6. The first-order valence-corrected chi connectivity index (χ1v) is 8.71. The number of hydrogen-bond acceptors (Lipinski definition) is 3. The predicted octanol–water partition coefficient (Wildman–Crippen LogP) is 3.88. The standard InChI is InChI=1S/C21H25N3O2/c1-6-23(7-2)21(25)18(14-22)13-17-12-15(3)24(16(17)4)19-8-10-20(26-5)11-9-19/h8-13H,6-7H2,1-5H3. The quantitative estimate of drug-likeness (QED) is 0.586. The zero-order valence-electron chi connectivity index (χ0n) is 16.0. The smallest absolute Gasteiger partial charge is 0.264 e. The van der Waals surface area contributed by atoms with Gasteiger partial charge in [-0.3, -0.25) is 4.79 Å². The molecule has 2 rings (SSSR count). The van der Waals surface area contributed by atoms with Crippen LogP contribution in [0.15, 0.2) is 35.9 Å². The van der Waals surface area contributed by atoms with Crippen molar-refractivity contribution in [1.29, 1.82) is 5.26 Å². The van der Waals surface area contributed by atoms with Crippen molar-refractivity contribution in [1.82, 2.24) is 9.47 Å². The summed E-state index contributed by atoms with van der Waals surface area (Å²) in [4.78, 5) is 14.1. The van der Waals surface area contributed by atoms with E-state index in [9.17, 15) is 10.1 Å². The molecule has 0 spiro atoms. The summed E-state index contributed by atoms with van der Waals surface area (Å²) in [6.07, 6.45) is 1.68. The molecular formula is C21H25N3O2. The number of carbonyl (C=O) groups excluding carboxylic acids is 1. The monoisotopic (exact) mass is 351 g/mol. The molecule has 0 bridgehead atoms. The Morgan fingerprint density at radius 3 is 2.35 bits per heavy atom. The average Bonchev–Trinajstić information content (AvgIpc) is 2.94. The molecule has 1 heterocycles. The molecule has 0 radical (unpaired) electrons. The van der Waals surface area contributed by atoms with Crippen LogP contribution in [0.5, 0.6) is 5.75 Å². The fourth-order valence-electron chi connectivity index (χ4n) is 3.04. The molecule has 0 aliphatic heterocycles. The molecule has 1 amide bonds. The Labute approximate surface area is 155 Å². The van der Waals surface area contributed by atoms with Gasteiger partial charge >= 0.3 is 0 Å². The van der Waals surface area contributed by atoms with Crippen LogP contribution < -0.4 is 4.74 Å².